The van der Waals surface area contributed by atoms with Crippen LogP contribution in [0, 0.1) is 0 Å². The van der Waals surface area contributed by atoms with E-state index in [0.29, 0.717) is 6.42 Å². The first-order chi connectivity index (χ1) is 5.29. The number of hydrogen-bond donors (Lipinski definition) is 0. The predicted molar refractivity (Wildman–Crippen MR) is 46.3 cm³/mol. The minimum atomic E-state index is 0.173. The van der Waals surface area contributed by atoms with Crippen LogP contribution in [0.25, 0.3) is 0 Å². The van der Waals surface area contributed by atoms with Crippen molar-refractivity contribution in [3.63, 3.8) is 0 Å². The van der Waals surface area contributed by atoms with Crippen molar-refractivity contribution in [1.29, 1.82) is 0 Å². The molecule has 0 aromatic carbocycles. The van der Waals surface area contributed by atoms with Gasteiger partial charge in [-0.2, -0.15) is 0 Å². The van der Waals surface area contributed by atoms with Crippen LogP contribution in [0.4, 0.5) is 0 Å². The van der Waals surface area contributed by atoms with Crippen molar-refractivity contribution in [3.05, 3.63) is 36.0 Å². The molecule has 0 radical (unpaired) electrons. The summed E-state index contributed by atoms with van der Waals surface area (Å²) < 4.78 is 0. The molecule has 58 valence electrons. The van der Waals surface area contributed by atoms with Crippen molar-refractivity contribution in [1.82, 2.24) is 0 Å². The Morgan fingerprint density at radius 2 is 2.00 bits per heavy atom. The Bertz CT molecular complexity index is 231. The Kier molecular flexibility index (Phi) is 2.84. The van der Waals surface area contributed by atoms with E-state index in [9.17, 15) is 4.79 Å². The van der Waals surface area contributed by atoms with Gasteiger partial charge < -0.3 is 0 Å². The van der Waals surface area contributed by atoms with E-state index in [0.717, 1.165) is 6.42 Å². The molecule has 0 amide bonds. The van der Waals surface area contributed by atoms with Gasteiger partial charge in [-0.05, 0) is 19.4 Å². The zero-order valence-corrected chi connectivity index (χ0v) is 6.71. The van der Waals surface area contributed by atoms with Gasteiger partial charge in [-0.15, -0.1) is 0 Å². The summed E-state index contributed by atoms with van der Waals surface area (Å²) in [6, 6.07) is 0. The molecule has 1 nitrogen and oxygen atoms in total. The topological polar surface area (TPSA) is 17.1 Å². The van der Waals surface area contributed by atoms with Gasteiger partial charge in [0.1, 0.15) is 0 Å². The van der Waals surface area contributed by atoms with Crippen molar-refractivity contribution in [3.8, 4) is 0 Å². The molecule has 0 heterocycles. The van der Waals surface area contributed by atoms with Crippen LogP contribution in [-0.2, 0) is 4.79 Å². The lowest BCUT2D eigenvalue weighted by Gasteiger charge is -1.89. The van der Waals surface area contributed by atoms with E-state index in [4.69, 9.17) is 0 Å². The molecule has 0 spiro atoms. The van der Waals surface area contributed by atoms with Crippen LogP contribution >= 0.6 is 0 Å². The predicted octanol–water partition coefficient (Wildman–Crippen LogP) is 2.41. The third-order valence-corrected chi connectivity index (χ3v) is 1.59. The first-order valence-corrected chi connectivity index (χ1v) is 3.81. The van der Waals surface area contributed by atoms with Gasteiger partial charge in [0.05, 0.1) is 0 Å². The highest BCUT2D eigenvalue weighted by Gasteiger charge is 1.93. The van der Waals surface area contributed by atoms with Gasteiger partial charge in [-0.25, -0.2) is 0 Å². The Morgan fingerprint density at radius 1 is 1.27 bits per heavy atom. The molecule has 0 fully saturated rings. The lowest BCUT2D eigenvalue weighted by molar-refractivity contribution is -0.113. The van der Waals surface area contributed by atoms with E-state index < -0.39 is 0 Å². The third kappa shape index (κ3) is 2.99. The Morgan fingerprint density at radius 3 is 2.82 bits per heavy atom. The normalized spacial score (nSPS) is 18.6. The van der Waals surface area contributed by atoms with Gasteiger partial charge >= 0.3 is 0 Å². The molecule has 1 heteroatoms. The zero-order chi connectivity index (χ0) is 8.10. The average molecular weight is 148 g/mol. The summed E-state index contributed by atoms with van der Waals surface area (Å²) in [4.78, 5) is 10.9. The fraction of sp³-hybridized carbons (Fsp3) is 0.300. The van der Waals surface area contributed by atoms with Gasteiger partial charge in [0.2, 0.25) is 0 Å². The van der Waals surface area contributed by atoms with E-state index in [1.54, 1.807) is 6.08 Å². The van der Waals surface area contributed by atoms with Crippen molar-refractivity contribution in [2.75, 3.05) is 0 Å². The molecule has 0 atom stereocenters. The van der Waals surface area contributed by atoms with E-state index in [1.165, 1.54) is 5.57 Å². The van der Waals surface area contributed by atoms with Crippen molar-refractivity contribution in [2.45, 2.75) is 19.8 Å². The molecule has 11 heavy (non-hydrogen) atoms. The summed E-state index contributed by atoms with van der Waals surface area (Å²) in [5.74, 6) is 0.173. The quantitative estimate of drug-likeness (QED) is 0.482. The summed E-state index contributed by atoms with van der Waals surface area (Å²) in [5.41, 5.74) is 1.28. The highest BCUT2D eigenvalue weighted by atomic mass is 16.1. The monoisotopic (exact) mass is 148 g/mol. The summed E-state index contributed by atoms with van der Waals surface area (Å²) in [5, 5.41) is 0. The zero-order valence-electron chi connectivity index (χ0n) is 6.71. The van der Waals surface area contributed by atoms with Crippen LogP contribution in [-0.4, -0.2) is 5.78 Å². The van der Waals surface area contributed by atoms with Gasteiger partial charge in [-0.3, -0.25) is 4.79 Å². The first kappa shape index (κ1) is 7.99. The van der Waals surface area contributed by atoms with Crippen LogP contribution in [0.15, 0.2) is 36.0 Å². The van der Waals surface area contributed by atoms with E-state index in [1.807, 2.05) is 24.3 Å². The Balaban J connectivity index is 2.73. The fourth-order valence-corrected chi connectivity index (χ4v) is 0.924. The Labute approximate surface area is 67.1 Å². The number of allylic oxidation sites excluding steroid dienone is 6. The summed E-state index contributed by atoms with van der Waals surface area (Å²) in [6.07, 6.45) is 10.9. The van der Waals surface area contributed by atoms with Gasteiger partial charge in [0, 0.05) is 6.42 Å². The van der Waals surface area contributed by atoms with E-state index in [-0.39, 0.29) is 5.78 Å². The van der Waals surface area contributed by atoms with Crippen LogP contribution < -0.4 is 0 Å². The number of hydrogen-bond acceptors (Lipinski definition) is 1. The molecule has 0 bridgehead atoms. The molecule has 1 aliphatic rings. The van der Waals surface area contributed by atoms with Crippen LogP contribution in [0.3, 0.4) is 0 Å². The molecule has 0 N–H and O–H groups in total. The van der Waals surface area contributed by atoms with Crippen LogP contribution in [0.1, 0.15) is 19.8 Å². The molecule has 1 aliphatic carbocycles. The number of ketones is 1. The first-order valence-electron chi connectivity index (χ1n) is 3.81. The fourth-order valence-electron chi connectivity index (χ4n) is 0.924. The SMILES string of the molecule is CC1=CC=CC(=O)CC=CC1. The highest BCUT2D eigenvalue weighted by molar-refractivity contribution is 5.91. The molecule has 0 unspecified atom stereocenters. The lowest BCUT2D eigenvalue weighted by Crippen LogP contribution is -1.86. The maximum absolute atomic E-state index is 10.9. The maximum atomic E-state index is 10.9. The molecular formula is C10H12O. The molecule has 0 aliphatic heterocycles. The van der Waals surface area contributed by atoms with Crippen molar-refractivity contribution < 1.29 is 4.79 Å². The Hall–Kier alpha value is -1.11. The second-order valence-electron chi connectivity index (χ2n) is 2.72. The number of rotatable bonds is 0. The molecule has 0 aromatic heterocycles. The minimum absolute atomic E-state index is 0.173. The van der Waals surface area contributed by atoms with Gasteiger partial charge in [0.15, 0.2) is 5.78 Å². The lowest BCUT2D eigenvalue weighted by atomic mass is 10.2. The average Bonchev–Trinajstić information content (AvgIpc) is 2.04. The summed E-state index contributed by atoms with van der Waals surface area (Å²) in [7, 11) is 0. The smallest absolute Gasteiger partial charge is 0.159 e. The molecule has 1 rings (SSSR count). The second-order valence-corrected chi connectivity index (χ2v) is 2.72. The second kappa shape index (κ2) is 3.91. The summed E-state index contributed by atoms with van der Waals surface area (Å²) in [6.45, 7) is 2.06. The van der Waals surface area contributed by atoms with Gasteiger partial charge in [-0.1, -0.05) is 29.9 Å². The maximum Gasteiger partial charge on any atom is 0.159 e. The van der Waals surface area contributed by atoms with Crippen LogP contribution in [0.2, 0.25) is 0 Å². The van der Waals surface area contributed by atoms with Crippen molar-refractivity contribution >= 4 is 5.78 Å². The summed E-state index contributed by atoms with van der Waals surface area (Å²) >= 11 is 0. The molecule has 0 aromatic rings. The van der Waals surface area contributed by atoms with E-state index >= 15 is 0 Å². The number of carbonyl (C=O) groups is 1. The van der Waals surface area contributed by atoms with Crippen LogP contribution in [0.5, 0.6) is 0 Å². The van der Waals surface area contributed by atoms with Crippen molar-refractivity contribution in [2.24, 2.45) is 0 Å². The molecule has 0 saturated carbocycles. The largest absolute Gasteiger partial charge is 0.295 e. The molecule has 0 saturated heterocycles. The number of carbonyl (C=O) groups excluding carboxylic acids is 1. The highest BCUT2D eigenvalue weighted by Crippen LogP contribution is 2.04. The standard InChI is InChI=1S/C10H12O/c1-9-5-2-3-7-10(11)8-4-6-9/h2-4,6,8H,5,7H2,1H3. The van der Waals surface area contributed by atoms with Gasteiger partial charge in [0.25, 0.3) is 0 Å². The minimum Gasteiger partial charge on any atom is -0.295 e. The molecular weight excluding hydrogens is 136 g/mol. The van der Waals surface area contributed by atoms with E-state index in [2.05, 4.69) is 6.92 Å². The third-order valence-electron chi connectivity index (χ3n) is 1.59.